The van der Waals surface area contributed by atoms with E-state index in [-0.39, 0.29) is 0 Å². The number of aliphatic carboxylic acids is 1. The Balaban J connectivity index is 1.66. The average molecular weight is 304 g/mol. The Morgan fingerprint density at radius 3 is 2.43 bits per heavy atom. The van der Waals surface area contributed by atoms with E-state index >= 15 is 0 Å². The molecule has 114 valence electrons. The number of rotatable bonds is 5. The van der Waals surface area contributed by atoms with E-state index in [1.54, 1.807) is 6.08 Å². The van der Waals surface area contributed by atoms with Gasteiger partial charge in [0.05, 0.1) is 0 Å². The van der Waals surface area contributed by atoms with Crippen molar-refractivity contribution in [1.82, 2.24) is 0 Å². The lowest BCUT2D eigenvalue weighted by Gasteiger charge is -2.07. The molecular weight excluding hydrogens is 288 g/mol. The first-order chi connectivity index (χ1) is 11.2. The molecule has 0 heterocycles. The molecule has 0 bridgehead atoms. The van der Waals surface area contributed by atoms with Gasteiger partial charge in [0, 0.05) is 6.08 Å². The molecule has 0 fully saturated rings. The van der Waals surface area contributed by atoms with Crippen molar-refractivity contribution in [2.24, 2.45) is 0 Å². The average Bonchev–Trinajstić information content (AvgIpc) is 2.59. The molecule has 0 atom stereocenters. The molecule has 0 aromatic heterocycles. The molecule has 23 heavy (non-hydrogen) atoms. The van der Waals surface area contributed by atoms with Crippen molar-refractivity contribution in [3.8, 4) is 5.75 Å². The fraction of sp³-hybridized carbons (Fsp3) is 0.0500. The van der Waals surface area contributed by atoms with Gasteiger partial charge in [0.2, 0.25) is 0 Å². The number of fused-ring (bicyclic) bond motifs is 1. The van der Waals surface area contributed by atoms with Crippen LogP contribution in [0.2, 0.25) is 0 Å². The van der Waals surface area contributed by atoms with Crippen LogP contribution < -0.4 is 4.74 Å². The van der Waals surface area contributed by atoms with Crippen LogP contribution in [-0.4, -0.2) is 11.1 Å². The third-order valence-corrected chi connectivity index (χ3v) is 3.52. The van der Waals surface area contributed by atoms with E-state index < -0.39 is 5.97 Å². The van der Waals surface area contributed by atoms with Crippen molar-refractivity contribution in [1.29, 1.82) is 0 Å². The van der Waals surface area contributed by atoms with Crippen LogP contribution in [0.3, 0.4) is 0 Å². The summed E-state index contributed by atoms with van der Waals surface area (Å²) >= 11 is 0. The first-order valence-corrected chi connectivity index (χ1v) is 7.32. The van der Waals surface area contributed by atoms with E-state index in [9.17, 15) is 4.79 Å². The number of carboxylic acids is 1. The lowest BCUT2D eigenvalue weighted by molar-refractivity contribution is -0.131. The van der Waals surface area contributed by atoms with Gasteiger partial charge in [-0.15, -0.1) is 0 Å². The molecule has 1 N–H and O–H groups in total. The highest BCUT2D eigenvalue weighted by Gasteiger charge is 1.99. The summed E-state index contributed by atoms with van der Waals surface area (Å²) < 4.78 is 5.78. The van der Waals surface area contributed by atoms with Crippen molar-refractivity contribution < 1.29 is 14.6 Å². The number of ether oxygens (including phenoxy) is 1. The summed E-state index contributed by atoms with van der Waals surface area (Å²) in [4.78, 5) is 10.5. The summed E-state index contributed by atoms with van der Waals surface area (Å²) in [5.74, 6) is -0.202. The van der Waals surface area contributed by atoms with E-state index in [0.29, 0.717) is 6.61 Å². The fourth-order valence-electron chi connectivity index (χ4n) is 2.34. The standard InChI is InChI=1S/C20H16O3/c21-20(22)12-8-15-6-10-19(11-7-15)23-14-16-5-9-17-3-1-2-4-18(17)13-16/h1-13H,14H2,(H,21,22). The minimum atomic E-state index is -0.957. The largest absolute Gasteiger partial charge is 0.489 e. The van der Waals surface area contributed by atoms with Crippen molar-refractivity contribution in [2.75, 3.05) is 0 Å². The molecule has 0 aliphatic carbocycles. The maximum atomic E-state index is 10.5. The highest BCUT2D eigenvalue weighted by atomic mass is 16.5. The Bertz CT molecular complexity index is 848. The molecule has 0 saturated heterocycles. The molecule has 0 aliphatic heterocycles. The third kappa shape index (κ3) is 3.98. The smallest absolute Gasteiger partial charge is 0.328 e. The molecule has 0 unspecified atom stereocenters. The lowest BCUT2D eigenvalue weighted by atomic mass is 10.1. The van der Waals surface area contributed by atoms with Gasteiger partial charge in [-0.2, -0.15) is 0 Å². The van der Waals surface area contributed by atoms with Crippen LogP contribution in [0.4, 0.5) is 0 Å². The van der Waals surface area contributed by atoms with E-state index in [2.05, 4.69) is 30.3 Å². The van der Waals surface area contributed by atoms with E-state index in [0.717, 1.165) is 23.0 Å². The fourth-order valence-corrected chi connectivity index (χ4v) is 2.34. The lowest BCUT2D eigenvalue weighted by Crippen LogP contribution is -1.95. The van der Waals surface area contributed by atoms with Crippen LogP contribution in [0.25, 0.3) is 16.8 Å². The van der Waals surface area contributed by atoms with Crippen molar-refractivity contribution >= 4 is 22.8 Å². The van der Waals surface area contributed by atoms with Crippen LogP contribution >= 0.6 is 0 Å². The molecule has 3 heteroatoms. The Labute approximate surface area is 134 Å². The van der Waals surface area contributed by atoms with Crippen molar-refractivity contribution in [2.45, 2.75) is 6.61 Å². The maximum Gasteiger partial charge on any atom is 0.328 e. The zero-order valence-corrected chi connectivity index (χ0v) is 12.5. The maximum absolute atomic E-state index is 10.5. The first-order valence-electron chi connectivity index (χ1n) is 7.32. The van der Waals surface area contributed by atoms with Gasteiger partial charge < -0.3 is 9.84 Å². The Morgan fingerprint density at radius 1 is 0.957 bits per heavy atom. The monoisotopic (exact) mass is 304 g/mol. The van der Waals surface area contributed by atoms with E-state index in [4.69, 9.17) is 9.84 Å². The van der Waals surface area contributed by atoms with E-state index in [1.165, 1.54) is 10.8 Å². The molecule has 3 aromatic carbocycles. The van der Waals surface area contributed by atoms with Crippen LogP contribution in [-0.2, 0) is 11.4 Å². The second kappa shape index (κ2) is 6.79. The van der Waals surface area contributed by atoms with Crippen LogP contribution in [0.15, 0.2) is 72.8 Å². The summed E-state index contributed by atoms with van der Waals surface area (Å²) in [6, 6.07) is 21.8. The van der Waals surface area contributed by atoms with Gasteiger partial charge in [-0.3, -0.25) is 0 Å². The van der Waals surface area contributed by atoms with Gasteiger partial charge in [0.25, 0.3) is 0 Å². The number of hydrogen-bond donors (Lipinski definition) is 1. The molecule has 0 aliphatic rings. The Kier molecular flexibility index (Phi) is 4.39. The van der Waals surface area contributed by atoms with Gasteiger partial charge >= 0.3 is 5.97 Å². The number of hydrogen-bond acceptors (Lipinski definition) is 2. The molecule has 3 nitrogen and oxygen atoms in total. The van der Waals surface area contributed by atoms with Gasteiger partial charge in [-0.1, -0.05) is 48.5 Å². The molecule has 3 aromatic rings. The first kappa shape index (κ1) is 14.9. The summed E-state index contributed by atoms with van der Waals surface area (Å²) in [6.45, 7) is 0.495. The molecule has 0 radical (unpaired) electrons. The van der Waals surface area contributed by atoms with Gasteiger partial charge in [-0.25, -0.2) is 4.79 Å². The topological polar surface area (TPSA) is 46.5 Å². The molecule has 3 rings (SSSR count). The highest BCUT2D eigenvalue weighted by molar-refractivity contribution is 5.85. The Morgan fingerprint density at radius 2 is 1.70 bits per heavy atom. The second-order valence-corrected chi connectivity index (χ2v) is 5.21. The van der Waals surface area contributed by atoms with Crippen LogP contribution in [0.5, 0.6) is 5.75 Å². The summed E-state index contributed by atoms with van der Waals surface area (Å²) in [5, 5.41) is 11.0. The normalized spacial score (nSPS) is 11.0. The quantitative estimate of drug-likeness (QED) is 0.705. The van der Waals surface area contributed by atoms with Crippen LogP contribution in [0, 0.1) is 0 Å². The third-order valence-electron chi connectivity index (χ3n) is 3.52. The van der Waals surface area contributed by atoms with Crippen LogP contribution in [0.1, 0.15) is 11.1 Å². The number of carbonyl (C=O) groups is 1. The summed E-state index contributed by atoms with van der Waals surface area (Å²) in [7, 11) is 0. The molecule has 0 saturated carbocycles. The molecule has 0 amide bonds. The van der Waals surface area contributed by atoms with Gasteiger partial charge in [-0.05, 0) is 46.2 Å². The highest BCUT2D eigenvalue weighted by Crippen LogP contribution is 2.18. The van der Waals surface area contributed by atoms with E-state index in [1.807, 2.05) is 36.4 Å². The summed E-state index contributed by atoms with van der Waals surface area (Å²) in [6.07, 6.45) is 2.67. The molecular formula is C20H16O3. The van der Waals surface area contributed by atoms with Gasteiger partial charge in [0.1, 0.15) is 12.4 Å². The summed E-state index contributed by atoms with van der Waals surface area (Å²) in [5.41, 5.74) is 1.93. The zero-order chi connectivity index (χ0) is 16.1. The zero-order valence-electron chi connectivity index (χ0n) is 12.5. The number of benzene rings is 3. The molecule has 0 spiro atoms. The van der Waals surface area contributed by atoms with Crippen molar-refractivity contribution in [3.05, 3.63) is 83.9 Å². The minimum absolute atomic E-state index is 0.495. The predicted octanol–water partition coefficient (Wildman–Crippen LogP) is 4.52. The Hall–Kier alpha value is -3.07. The second-order valence-electron chi connectivity index (χ2n) is 5.21. The van der Waals surface area contributed by atoms with Gasteiger partial charge in [0.15, 0.2) is 0 Å². The SMILES string of the molecule is O=C(O)C=Cc1ccc(OCc2ccc3ccccc3c2)cc1. The van der Waals surface area contributed by atoms with Crippen molar-refractivity contribution in [3.63, 3.8) is 0 Å². The predicted molar refractivity (Wildman–Crippen MR) is 91.4 cm³/mol. The number of carboxylic acid groups (broad SMARTS) is 1. The minimum Gasteiger partial charge on any atom is -0.489 e.